The van der Waals surface area contributed by atoms with Gasteiger partial charge in [0.1, 0.15) is 11.5 Å². The van der Waals surface area contributed by atoms with Crippen LogP contribution in [0.15, 0.2) is 72.3 Å². The Morgan fingerprint density at radius 1 is 0.826 bits per heavy atom. The summed E-state index contributed by atoms with van der Waals surface area (Å²) < 4.78 is 5.86. The molecule has 0 amide bonds. The van der Waals surface area contributed by atoms with Gasteiger partial charge in [0.05, 0.1) is 0 Å². The van der Waals surface area contributed by atoms with Crippen molar-refractivity contribution >= 4 is 5.57 Å². The normalized spacial score (nSPS) is 14.9. The molecule has 1 nitrogen and oxygen atoms in total. The third-order valence-corrected chi connectivity index (χ3v) is 4.02. The lowest BCUT2D eigenvalue weighted by Crippen LogP contribution is -2.10. The van der Waals surface area contributed by atoms with Gasteiger partial charge in [-0.3, -0.25) is 0 Å². The van der Waals surface area contributed by atoms with E-state index in [9.17, 15) is 0 Å². The Bertz CT molecular complexity index is 713. The first-order chi connectivity index (χ1) is 11.0. The predicted molar refractivity (Wildman–Crippen MR) is 97.4 cm³/mol. The SMILES string of the molecule is CC(C)(C)C1=CC[CH]C(c2ccc(Oc3ccccc3)cc2)=C1. The molecule has 0 saturated heterocycles. The van der Waals surface area contributed by atoms with Gasteiger partial charge in [-0.1, -0.05) is 63.3 Å². The number of allylic oxidation sites excluding steroid dienone is 4. The lowest BCUT2D eigenvalue weighted by molar-refractivity contribution is 0.482. The van der Waals surface area contributed by atoms with Crippen LogP contribution in [0.3, 0.4) is 0 Å². The molecule has 0 spiro atoms. The van der Waals surface area contributed by atoms with E-state index in [1.807, 2.05) is 42.5 Å². The van der Waals surface area contributed by atoms with Crippen LogP contribution in [-0.4, -0.2) is 0 Å². The Labute approximate surface area is 139 Å². The highest BCUT2D eigenvalue weighted by atomic mass is 16.5. The molecule has 0 saturated carbocycles. The summed E-state index contributed by atoms with van der Waals surface area (Å²) in [6, 6.07) is 18.2. The maximum absolute atomic E-state index is 5.86. The minimum atomic E-state index is 0.190. The fourth-order valence-electron chi connectivity index (χ4n) is 2.66. The van der Waals surface area contributed by atoms with E-state index in [0.717, 1.165) is 17.9 Å². The zero-order valence-corrected chi connectivity index (χ0v) is 14.0. The first-order valence-electron chi connectivity index (χ1n) is 8.11. The Kier molecular flexibility index (Phi) is 4.38. The van der Waals surface area contributed by atoms with Gasteiger partial charge < -0.3 is 4.74 Å². The number of rotatable bonds is 3. The molecular weight excluding hydrogens is 280 g/mol. The zero-order chi connectivity index (χ0) is 16.3. The third-order valence-electron chi connectivity index (χ3n) is 4.02. The summed E-state index contributed by atoms with van der Waals surface area (Å²) in [4.78, 5) is 0. The largest absolute Gasteiger partial charge is 0.457 e. The molecule has 0 N–H and O–H groups in total. The van der Waals surface area contributed by atoms with E-state index in [4.69, 9.17) is 4.74 Å². The van der Waals surface area contributed by atoms with Crippen LogP contribution in [0.2, 0.25) is 0 Å². The lowest BCUT2D eigenvalue weighted by atomic mass is 9.80. The second-order valence-electron chi connectivity index (χ2n) is 6.89. The molecule has 1 radical (unpaired) electrons. The van der Waals surface area contributed by atoms with Crippen molar-refractivity contribution in [3.05, 3.63) is 84.3 Å². The van der Waals surface area contributed by atoms with Crippen LogP contribution in [0.4, 0.5) is 0 Å². The number of para-hydroxylation sites is 1. The summed E-state index contributed by atoms with van der Waals surface area (Å²) in [5, 5.41) is 0. The minimum absolute atomic E-state index is 0.190. The molecule has 1 heteroatoms. The van der Waals surface area contributed by atoms with Gasteiger partial charge >= 0.3 is 0 Å². The van der Waals surface area contributed by atoms with Crippen molar-refractivity contribution in [2.45, 2.75) is 27.2 Å². The van der Waals surface area contributed by atoms with Crippen molar-refractivity contribution in [2.24, 2.45) is 5.41 Å². The van der Waals surface area contributed by atoms with Gasteiger partial charge in [-0.2, -0.15) is 0 Å². The Balaban J connectivity index is 1.77. The highest BCUT2D eigenvalue weighted by Gasteiger charge is 2.18. The van der Waals surface area contributed by atoms with Crippen LogP contribution in [0, 0.1) is 11.8 Å². The lowest BCUT2D eigenvalue weighted by Gasteiger charge is -2.24. The van der Waals surface area contributed by atoms with Gasteiger partial charge in [0, 0.05) is 0 Å². The van der Waals surface area contributed by atoms with Crippen LogP contribution in [0.25, 0.3) is 5.57 Å². The second-order valence-corrected chi connectivity index (χ2v) is 6.89. The molecule has 1 aliphatic rings. The zero-order valence-electron chi connectivity index (χ0n) is 14.0. The molecule has 117 valence electrons. The van der Waals surface area contributed by atoms with Crippen molar-refractivity contribution in [2.75, 3.05) is 0 Å². The number of benzene rings is 2. The van der Waals surface area contributed by atoms with Gasteiger partial charge in [0.25, 0.3) is 0 Å². The molecule has 23 heavy (non-hydrogen) atoms. The molecule has 0 unspecified atom stereocenters. The fraction of sp³-hybridized carbons (Fsp3) is 0.227. The number of ether oxygens (including phenoxy) is 1. The third kappa shape index (κ3) is 3.92. The highest BCUT2D eigenvalue weighted by molar-refractivity contribution is 5.76. The van der Waals surface area contributed by atoms with Crippen molar-refractivity contribution in [1.82, 2.24) is 0 Å². The number of hydrogen-bond donors (Lipinski definition) is 0. The first kappa shape index (κ1) is 15.6. The smallest absolute Gasteiger partial charge is 0.127 e. The average Bonchev–Trinajstić information content (AvgIpc) is 2.56. The van der Waals surface area contributed by atoms with Crippen LogP contribution < -0.4 is 4.74 Å². The van der Waals surface area contributed by atoms with E-state index in [-0.39, 0.29) is 5.41 Å². The van der Waals surface area contributed by atoms with Crippen molar-refractivity contribution in [1.29, 1.82) is 0 Å². The Morgan fingerprint density at radius 2 is 1.48 bits per heavy atom. The Hall–Kier alpha value is -2.28. The van der Waals surface area contributed by atoms with E-state index in [0.29, 0.717) is 0 Å². The summed E-state index contributed by atoms with van der Waals surface area (Å²) in [7, 11) is 0. The maximum atomic E-state index is 5.86. The summed E-state index contributed by atoms with van der Waals surface area (Å²) in [5.74, 6) is 1.73. The predicted octanol–water partition coefficient (Wildman–Crippen LogP) is 6.44. The molecule has 2 aromatic rings. The molecule has 2 aromatic carbocycles. The van der Waals surface area contributed by atoms with E-state index < -0.39 is 0 Å². The molecule has 0 heterocycles. The van der Waals surface area contributed by atoms with E-state index in [1.165, 1.54) is 16.7 Å². The maximum Gasteiger partial charge on any atom is 0.127 e. The van der Waals surface area contributed by atoms with E-state index >= 15 is 0 Å². The Morgan fingerprint density at radius 3 is 2.13 bits per heavy atom. The van der Waals surface area contributed by atoms with E-state index in [1.54, 1.807) is 0 Å². The minimum Gasteiger partial charge on any atom is -0.457 e. The highest BCUT2D eigenvalue weighted by Crippen LogP contribution is 2.35. The summed E-state index contributed by atoms with van der Waals surface area (Å²) in [5.41, 5.74) is 4.12. The van der Waals surface area contributed by atoms with Crippen LogP contribution in [0.1, 0.15) is 32.8 Å². The summed E-state index contributed by atoms with van der Waals surface area (Å²) in [6.07, 6.45) is 7.90. The van der Waals surface area contributed by atoms with Crippen LogP contribution in [-0.2, 0) is 0 Å². The van der Waals surface area contributed by atoms with Gasteiger partial charge in [-0.25, -0.2) is 0 Å². The molecule has 0 bridgehead atoms. The topological polar surface area (TPSA) is 9.23 Å². The molecule has 0 aromatic heterocycles. The van der Waals surface area contributed by atoms with Gasteiger partial charge in [-0.05, 0) is 59.2 Å². The molecular formula is C22H23O. The van der Waals surface area contributed by atoms with E-state index in [2.05, 4.69) is 51.5 Å². The monoisotopic (exact) mass is 303 g/mol. The van der Waals surface area contributed by atoms with Crippen molar-refractivity contribution in [3.63, 3.8) is 0 Å². The average molecular weight is 303 g/mol. The molecule has 1 aliphatic carbocycles. The number of hydrogen-bond acceptors (Lipinski definition) is 1. The standard InChI is InChI=1S/C22H23O/c1-22(2,3)19-9-7-8-18(16-19)17-12-14-21(15-13-17)23-20-10-5-4-6-11-20/h4-6,8-16H,7H2,1-3H3. The fourth-order valence-corrected chi connectivity index (χ4v) is 2.66. The molecule has 0 fully saturated rings. The van der Waals surface area contributed by atoms with Crippen molar-refractivity contribution in [3.8, 4) is 11.5 Å². The quantitative estimate of drug-likeness (QED) is 0.633. The summed E-state index contributed by atoms with van der Waals surface area (Å²) in [6.45, 7) is 6.78. The van der Waals surface area contributed by atoms with Gasteiger partial charge in [0.2, 0.25) is 0 Å². The summed E-state index contributed by atoms with van der Waals surface area (Å²) >= 11 is 0. The second kappa shape index (κ2) is 6.45. The van der Waals surface area contributed by atoms with Crippen LogP contribution in [0.5, 0.6) is 11.5 Å². The van der Waals surface area contributed by atoms with Crippen molar-refractivity contribution < 1.29 is 4.74 Å². The molecule has 3 rings (SSSR count). The first-order valence-corrected chi connectivity index (χ1v) is 8.11. The van der Waals surface area contributed by atoms with Gasteiger partial charge in [-0.15, -0.1) is 0 Å². The van der Waals surface area contributed by atoms with Gasteiger partial charge in [0.15, 0.2) is 0 Å². The molecule has 0 aliphatic heterocycles. The van der Waals surface area contributed by atoms with Crippen LogP contribution >= 0.6 is 0 Å². The molecule has 0 atom stereocenters.